The maximum atomic E-state index is 13.0. The molecule has 2 aliphatic rings. The quantitative estimate of drug-likeness (QED) is 0.795. The monoisotopic (exact) mass is 338 g/mol. The van der Waals surface area contributed by atoms with Crippen molar-refractivity contribution >= 4 is 5.91 Å². The predicted molar refractivity (Wildman–Crippen MR) is 94.7 cm³/mol. The number of hydrogen-bond donors (Lipinski definition) is 3. The Morgan fingerprint density at radius 3 is 2.88 bits per heavy atom. The SMILES string of the molecule is O=C(N[C@@]1(c2ccccc2)CCNC[C@H]1O)c1ccc2c(c1)CCO2. The number of benzene rings is 2. The van der Waals surface area contributed by atoms with Crippen molar-refractivity contribution in [3.8, 4) is 5.75 Å². The molecule has 2 heterocycles. The first-order valence-corrected chi connectivity index (χ1v) is 8.71. The molecular formula is C20H22N2O3. The highest BCUT2D eigenvalue weighted by atomic mass is 16.5. The molecule has 5 nitrogen and oxygen atoms in total. The molecule has 2 atom stereocenters. The van der Waals surface area contributed by atoms with E-state index < -0.39 is 11.6 Å². The largest absolute Gasteiger partial charge is 0.493 e. The van der Waals surface area contributed by atoms with Crippen LogP contribution in [0.25, 0.3) is 0 Å². The van der Waals surface area contributed by atoms with Gasteiger partial charge in [-0.3, -0.25) is 4.79 Å². The van der Waals surface area contributed by atoms with E-state index in [4.69, 9.17) is 4.74 Å². The molecule has 4 rings (SSSR count). The van der Waals surface area contributed by atoms with Crippen LogP contribution in [0.1, 0.15) is 27.9 Å². The topological polar surface area (TPSA) is 70.6 Å². The van der Waals surface area contributed by atoms with Gasteiger partial charge in [0, 0.05) is 18.5 Å². The number of β-amino-alcohol motifs (C(OH)–C–C–N with tert-alkyl or cyclic N) is 1. The third-order valence-corrected chi connectivity index (χ3v) is 5.18. The zero-order valence-corrected chi connectivity index (χ0v) is 14.0. The van der Waals surface area contributed by atoms with Gasteiger partial charge in [0.1, 0.15) is 5.75 Å². The van der Waals surface area contributed by atoms with Crippen LogP contribution in [0.2, 0.25) is 0 Å². The zero-order chi connectivity index (χ0) is 17.3. The van der Waals surface area contributed by atoms with Crippen LogP contribution in [-0.2, 0) is 12.0 Å². The Hall–Kier alpha value is -2.37. The van der Waals surface area contributed by atoms with Crippen molar-refractivity contribution in [3.63, 3.8) is 0 Å². The predicted octanol–water partition coefficient (Wildman–Crippen LogP) is 1.60. The van der Waals surface area contributed by atoms with Crippen molar-refractivity contribution in [2.75, 3.05) is 19.7 Å². The average Bonchev–Trinajstić information content (AvgIpc) is 3.12. The minimum atomic E-state index is -0.779. The molecule has 25 heavy (non-hydrogen) atoms. The Labute approximate surface area is 147 Å². The number of ether oxygens (including phenoxy) is 1. The number of carbonyl (C=O) groups is 1. The molecule has 5 heteroatoms. The number of aliphatic hydroxyl groups excluding tert-OH is 1. The number of fused-ring (bicyclic) bond motifs is 1. The number of hydrogen-bond acceptors (Lipinski definition) is 4. The highest BCUT2D eigenvalue weighted by Crippen LogP contribution is 2.32. The van der Waals surface area contributed by atoms with E-state index in [1.807, 2.05) is 42.5 Å². The van der Waals surface area contributed by atoms with Crippen molar-refractivity contribution < 1.29 is 14.6 Å². The summed E-state index contributed by atoms with van der Waals surface area (Å²) in [4.78, 5) is 13.0. The average molecular weight is 338 g/mol. The summed E-state index contributed by atoms with van der Waals surface area (Å²) in [7, 11) is 0. The van der Waals surface area contributed by atoms with Crippen LogP contribution >= 0.6 is 0 Å². The normalized spacial score (nSPS) is 25.1. The van der Waals surface area contributed by atoms with Gasteiger partial charge < -0.3 is 20.5 Å². The van der Waals surface area contributed by atoms with Gasteiger partial charge in [-0.05, 0) is 42.3 Å². The number of piperidine rings is 1. The minimum Gasteiger partial charge on any atom is -0.493 e. The summed E-state index contributed by atoms with van der Waals surface area (Å²) >= 11 is 0. The van der Waals surface area contributed by atoms with Crippen molar-refractivity contribution in [2.45, 2.75) is 24.5 Å². The van der Waals surface area contributed by atoms with E-state index in [0.29, 0.717) is 25.1 Å². The Morgan fingerprint density at radius 1 is 1.24 bits per heavy atom. The van der Waals surface area contributed by atoms with Crippen LogP contribution in [0.5, 0.6) is 5.75 Å². The van der Waals surface area contributed by atoms with Crippen LogP contribution < -0.4 is 15.4 Å². The first kappa shape index (κ1) is 16.1. The lowest BCUT2D eigenvalue weighted by atomic mass is 9.79. The highest BCUT2D eigenvalue weighted by Gasteiger charge is 2.43. The van der Waals surface area contributed by atoms with E-state index in [1.165, 1.54) is 0 Å². The van der Waals surface area contributed by atoms with Gasteiger partial charge in [0.15, 0.2) is 0 Å². The first-order valence-electron chi connectivity index (χ1n) is 8.71. The molecule has 1 amide bonds. The fourth-order valence-corrected chi connectivity index (χ4v) is 3.76. The van der Waals surface area contributed by atoms with Crippen molar-refractivity contribution in [1.29, 1.82) is 0 Å². The van der Waals surface area contributed by atoms with Gasteiger partial charge in [-0.15, -0.1) is 0 Å². The summed E-state index contributed by atoms with van der Waals surface area (Å²) in [6.45, 7) is 1.86. The molecule has 0 radical (unpaired) electrons. The summed E-state index contributed by atoms with van der Waals surface area (Å²) in [5.74, 6) is 0.690. The Balaban J connectivity index is 1.66. The van der Waals surface area contributed by atoms with Crippen LogP contribution in [0.15, 0.2) is 48.5 Å². The van der Waals surface area contributed by atoms with Crippen LogP contribution in [0.3, 0.4) is 0 Å². The molecule has 0 aromatic heterocycles. The Morgan fingerprint density at radius 2 is 2.08 bits per heavy atom. The maximum Gasteiger partial charge on any atom is 0.252 e. The van der Waals surface area contributed by atoms with Gasteiger partial charge in [0.05, 0.1) is 18.2 Å². The van der Waals surface area contributed by atoms with Crippen molar-refractivity contribution in [3.05, 3.63) is 65.2 Å². The molecule has 1 fully saturated rings. The lowest BCUT2D eigenvalue weighted by Gasteiger charge is -2.43. The van der Waals surface area contributed by atoms with Gasteiger partial charge in [-0.25, -0.2) is 0 Å². The van der Waals surface area contributed by atoms with Crippen molar-refractivity contribution in [2.24, 2.45) is 0 Å². The van der Waals surface area contributed by atoms with E-state index >= 15 is 0 Å². The molecule has 0 saturated carbocycles. The fraction of sp³-hybridized carbons (Fsp3) is 0.350. The third kappa shape index (κ3) is 2.90. The smallest absolute Gasteiger partial charge is 0.252 e. The number of carbonyl (C=O) groups excluding carboxylic acids is 1. The van der Waals surface area contributed by atoms with Gasteiger partial charge in [-0.2, -0.15) is 0 Å². The van der Waals surface area contributed by atoms with Crippen LogP contribution in [0, 0.1) is 0 Å². The molecule has 2 aromatic rings. The highest BCUT2D eigenvalue weighted by molar-refractivity contribution is 5.95. The number of rotatable bonds is 3. The lowest BCUT2D eigenvalue weighted by molar-refractivity contribution is 0.0289. The molecular weight excluding hydrogens is 316 g/mol. The van der Waals surface area contributed by atoms with Gasteiger partial charge in [-0.1, -0.05) is 30.3 Å². The van der Waals surface area contributed by atoms with E-state index in [2.05, 4.69) is 10.6 Å². The molecule has 0 bridgehead atoms. The number of amides is 1. The fourth-order valence-electron chi connectivity index (χ4n) is 3.76. The number of aliphatic hydroxyl groups is 1. The lowest BCUT2D eigenvalue weighted by Crippen LogP contribution is -2.61. The van der Waals surface area contributed by atoms with Gasteiger partial charge in [0.2, 0.25) is 0 Å². The number of nitrogens with one attached hydrogen (secondary N) is 2. The molecule has 0 unspecified atom stereocenters. The summed E-state index contributed by atoms with van der Waals surface area (Å²) in [6, 6.07) is 15.3. The van der Waals surface area contributed by atoms with Gasteiger partial charge >= 0.3 is 0 Å². The molecule has 3 N–H and O–H groups in total. The summed E-state index contributed by atoms with van der Waals surface area (Å²) < 4.78 is 5.51. The zero-order valence-electron chi connectivity index (χ0n) is 14.0. The van der Waals surface area contributed by atoms with E-state index in [9.17, 15) is 9.90 Å². The summed E-state index contributed by atoms with van der Waals surface area (Å²) in [5.41, 5.74) is 1.82. The van der Waals surface area contributed by atoms with Crippen LogP contribution in [-0.4, -0.2) is 36.8 Å². The summed E-state index contributed by atoms with van der Waals surface area (Å²) in [6.07, 6.45) is 0.774. The van der Waals surface area contributed by atoms with E-state index in [0.717, 1.165) is 29.8 Å². The second kappa shape index (κ2) is 6.50. The minimum absolute atomic E-state index is 0.167. The maximum absolute atomic E-state index is 13.0. The first-order chi connectivity index (χ1) is 12.2. The molecule has 1 saturated heterocycles. The second-order valence-corrected chi connectivity index (χ2v) is 6.68. The molecule has 0 spiro atoms. The molecule has 2 aromatic carbocycles. The molecule has 0 aliphatic carbocycles. The summed E-state index contributed by atoms with van der Waals surface area (Å²) in [5, 5.41) is 17.1. The Bertz CT molecular complexity index is 778. The Kier molecular flexibility index (Phi) is 4.19. The van der Waals surface area contributed by atoms with Gasteiger partial charge in [0.25, 0.3) is 5.91 Å². The van der Waals surface area contributed by atoms with E-state index in [1.54, 1.807) is 6.07 Å². The second-order valence-electron chi connectivity index (χ2n) is 6.68. The van der Waals surface area contributed by atoms with Crippen molar-refractivity contribution in [1.82, 2.24) is 10.6 Å². The van der Waals surface area contributed by atoms with E-state index in [-0.39, 0.29) is 5.91 Å². The molecule has 2 aliphatic heterocycles. The third-order valence-electron chi connectivity index (χ3n) is 5.18. The molecule has 130 valence electrons. The van der Waals surface area contributed by atoms with Crippen LogP contribution in [0.4, 0.5) is 0 Å². The standard InChI is InChI=1S/C20H22N2O3/c23-18-13-21-10-9-20(18,16-4-2-1-3-5-16)22-19(24)15-6-7-17-14(12-15)8-11-25-17/h1-7,12,18,21,23H,8-11,13H2,(H,22,24)/t18-,20-/m1/s1.